The van der Waals surface area contributed by atoms with Gasteiger partial charge in [-0.2, -0.15) is 4.37 Å². The molecule has 0 saturated carbocycles. The lowest BCUT2D eigenvalue weighted by atomic mass is 10.2. The summed E-state index contributed by atoms with van der Waals surface area (Å²) in [5, 5.41) is 12.6. The maximum Gasteiger partial charge on any atom is 0.194 e. The largest absolute Gasteiger partial charge is 0.306 e. The molecule has 6 nitrogen and oxygen atoms in total. The predicted molar refractivity (Wildman–Crippen MR) is 60.1 cm³/mol. The van der Waals surface area contributed by atoms with Gasteiger partial charge in [0.15, 0.2) is 10.8 Å². The molecule has 0 fully saturated rings. The smallest absolute Gasteiger partial charge is 0.194 e. The van der Waals surface area contributed by atoms with Crippen molar-refractivity contribution in [2.75, 3.05) is 6.54 Å². The topological polar surface area (TPSA) is 68.5 Å². The van der Waals surface area contributed by atoms with E-state index in [1.807, 2.05) is 6.92 Å². The maximum absolute atomic E-state index is 4.35. The van der Waals surface area contributed by atoms with E-state index in [4.69, 9.17) is 0 Å². The third-order valence-electron chi connectivity index (χ3n) is 2.67. The quantitative estimate of drug-likeness (QED) is 0.792. The van der Waals surface area contributed by atoms with Gasteiger partial charge in [0.25, 0.3) is 0 Å². The van der Waals surface area contributed by atoms with Crippen molar-refractivity contribution in [1.29, 1.82) is 0 Å². The molecule has 3 rings (SSSR count). The van der Waals surface area contributed by atoms with Crippen LogP contribution in [-0.2, 0) is 6.54 Å². The highest BCUT2D eigenvalue weighted by atomic mass is 32.1. The van der Waals surface area contributed by atoms with E-state index in [9.17, 15) is 0 Å². The molecule has 0 radical (unpaired) electrons. The number of nitrogens with one attached hydrogen (secondary N) is 1. The molecule has 0 unspecified atom stereocenters. The first kappa shape index (κ1) is 9.86. The Bertz CT molecular complexity index is 516. The van der Waals surface area contributed by atoms with Crippen LogP contribution in [-0.4, -0.2) is 30.7 Å². The van der Waals surface area contributed by atoms with E-state index in [1.165, 1.54) is 11.5 Å². The van der Waals surface area contributed by atoms with Crippen LogP contribution in [0.3, 0.4) is 0 Å². The van der Waals surface area contributed by atoms with Gasteiger partial charge in [0.05, 0.1) is 6.04 Å². The molecule has 0 amide bonds. The average molecular weight is 236 g/mol. The molecule has 1 N–H and O–H groups in total. The Morgan fingerprint density at radius 2 is 2.31 bits per heavy atom. The molecular formula is C9H12N6S. The van der Waals surface area contributed by atoms with Crippen molar-refractivity contribution in [3.63, 3.8) is 0 Å². The lowest BCUT2D eigenvalue weighted by Crippen LogP contribution is -2.32. The molecule has 7 heteroatoms. The third kappa shape index (κ3) is 1.43. The summed E-state index contributed by atoms with van der Waals surface area (Å²) in [6.45, 7) is 5.81. The number of aromatic nitrogens is 5. The van der Waals surface area contributed by atoms with E-state index >= 15 is 0 Å². The normalized spacial score (nSPS) is 19.8. The van der Waals surface area contributed by atoms with Gasteiger partial charge in [-0.25, -0.2) is 4.98 Å². The summed E-state index contributed by atoms with van der Waals surface area (Å²) in [6, 6.07) is 0.254. The Kier molecular flexibility index (Phi) is 2.22. The Hall–Kier alpha value is -1.34. The van der Waals surface area contributed by atoms with Crippen LogP contribution in [0.5, 0.6) is 0 Å². The Balaban J connectivity index is 2.09. The lowest BCUT2D eigenvalue weighted by Gasteiger charge is -2.21. The average Bonchev–Trinajstić information content (AvgIpc) is 2.84. The van der Waals surface area contributed by atoms with E-state index in [0.29, 0.717) is 0 Å². The lowest BCUT2D eigenvalue weighted by molar-refractivity contribution is 0.439. The molecule has 1 aliphatic heterocycles. The number of nitrogens with zero attached hydrogens (tertiary/aromatic N) is 5. The molecule has 2 aromatic heterocycles. The molecule has 0 aliphatic carbocycles. The summed E-state index contributed by atoms with van der Waals surface area (Å²) in [4.78, 5) is 4.35. The standard InChI is InChI=1S/C9H12N6S/c1-5-7-12-13-8(15(7)4-3-10-5)9-11-6(2)14-16-9/h5,10H,3-4H2,1-2H3/t5-/m0/s1. The summed E-state index contributed by atoms with van der Waals surface area (Å²) < 4.78 is 6.30. The minimum Gasteiger partial charge on any atom is -0.306 e. The van der Waals surface area contributed by atoms with E-state index in [1.54, 1.807) is 0 Å². The molecule has 84 valence electrons. The zero-order chi connectivity index (χ0) is 11.1. The molecule has 0 aromatic carbocycles. The predicted octanol–water partition coefficient (Wildman–Crippen LogP) is 0.769. The minimum atomic E-state index is 0.254. The summed E-state index contributed by atoms with van der Waals surface area (Å²) in [5.41, 5.74) is 0. The van der Waals surface area contributed by atoms with Crippen molar-refractivity contribution in [3.8, 4) is 10.8 Å². The first-order valence-corrected chi connectivity index (χ1v) is 6.00. The van der Waals surface area contributed by atoms with Gasteiger partial charge in [0.1, 0.15) is 11.6 Å². The van der Waals surface area contributed by atoms with Gasteiger partial charge in [-0.15, -0.1) is 10.2 Å². The second-order valence-corrected chi connectivity index (χ2v) is 4.61. The van der Waals surface area contributed by atoms with Gasteiger partial charge in [-0.3, -0.25) is 0 Å². The number of aryl methyl sites for hydroxylation is 1. The van der Waals surface area contributed by atoms with Crippen LogP contribution in [0, 0.1) is 6.92 Å². The zero-order valence-corrected chi connectivity index (χ0v) is 9.95. The van der Waals surface area contributed by atoms with Crippen molar-refractivity contribution in [2.24, 2.45) is 0 Å². The zero-order valence-electron chi connectivity index (χ0n) is 9.14. The van der Waals surface area contributed by atoms with Gasteiger partial charge < -0.3 is 9.88 Å². The molecule has 0 bridgehead atoms. The Morgan fingerprint density at radius 3 is 3.06 bits per heavy atom. The van der Waals surface area contributed by atoms with E-state index < -0.39 is 0 Å². The third-order valence-corrected chi connectivity index (χ3v) is 3.47. The van der Waals surface area contributed by atoms with Crippen molar-refractivity contribution in [2.45, 2.75) is 26.4 Å². The second kappa shape index (κ2) is 3.60. The first-order chi connectivity index (χ1) is 7.75. The van der Waals surface area contributed by atoms with Gasteiger partial charge in [-0.05, 0) is 25.4 Å². The Labute approximate surface area is 96.9 Å². The SMILES string of the molecule is Cc1nsc(-c2nnc3n2CCN[C@H]3C)n1. The van der Waals surface area contributed by atoms with Gasteiger partial charge in [-0.1, -0.05) is 0 Å². The van der Waals surface area contributed by atoms with Crippen LogP contribution in [0.25, 0.3) is 10.8 Å². The fourth-order valence-electron chi connectivity index (χ4n) is 1.89. The molecular weight excluding hydrogens is 224 g/mol. The monoisotopic (exact) mass is 236 g/mol. The van der Waals surface area contributed by atoms with Crippen molar-refractivity contribution >= 4 is 11.5 Å². The summed E-state index contributed by atoms with van der Waals surface area (Å²) in [5.74, 6) is 2.61. The molecule has 2 aromatic rings. The molecule has 1 aliphatic rings. The molecule has 3 heterocycles. The number of hydrogen-bond donors (Lipinski definition) is 1. The Morgan fingerprint density at radius 1 is 1.44 bits per heavy atom. The van der Waals surface area contributed by atoms with E-state index in [0.717, 1.165) is 35.6 Å². The highest BCUT2D eigenvalue weighted by molar-refractivity contribution is 7.09. The summed E-state index contributed by atoms with van der Waals surface area (Å²) in [7, 11) is 0. The van der Waals surface area contributed by atoms with Gasteiger partial charge in [0.2, 0.25) is 0 Å². The molecule has 0 spiro atoms. The first-order valence-electron chi connectivity index (χ1n) is 5.23. The molecule has 0 saturated heterocycles. The number of hydrogen-bond acceptors (Lipinski definition) is 6. The van der Waals surface area contributed by atoms with E-state index in [-0.39, 0.29) is 6.04 Å². The van der Waals surface area contributed by atoms with Crippen LogP contribution in [0.1, 0.15) is 24.6 Å². The number of fused-ring (bicyclic) bond motifs is 1. The highest BCUT2D eigenvalue weighted by Crippen LogP contribution is 2.24. The van der Waals surface area contributed by atoms with Crippen LogP contribution in [0.2, 0.25) is 0 Å². The van der Waals surface area contributed by atoms with Crippen LogP contribution < -0.4 is 5.32 Å². The van der Waals surface area contributed by atoms with E-state index in [2.05, 4.69) is 36.4 Å². The number of rotatable bonds is 1. The minimum absolute atomic E-state index is 0.254. The fourth-order valence-corrected chi connectivity index (χ4v) is 2.55. The van der Waals surface area contributed by atoms with Crippen LogP contribution >= 0.6 is 11.5 Å². The highest BCUT2D eigenvalue weighted by Gasteiger charge is 2.23. The molecule has 16 heavy (non-hydrogen) atoms. The second-order valence-electron chi connectivity index (χ2n) is 3.86. The van der Waals surface area contributed by atoms with Gasteiger partial charge >= 0.3 is 0 Å². The summed E-state index contributed by atoms with van der Waals surface area (Å²) >= 11 is 1.38. The maximum atomic E-state index is 4.35. The van der Waals surface area contributed by atoms with Crippen LogP contribution in [0.4, 0.5) is 0 Å². The van der Waals surface area contributed by atoms with Crippen LogP contribution in [0.15, 0.2) is 0 Å². The van der Waals surface area contributed by atoms with Crippen molar-refractivity contribution in [3.05, 3.63) is 11.6 Å². The van der Waals surface area contributed by atoms with Crippen molar-refractivity contribution < 1.29 is 0 Å². The fraction of sp³-hybridized carbons (Fsp3) is 0.556. The van der Waals surface area contributed by atoms with Gasteiger partial charge in [0, 0.05) is 13.1 Å². The molecule has 1 atom stereocenters. The summed E-state index contributed by atoms with van der Waals surface area (Å²) in [6.07, 6.45) is 0. The van der Waals surface area contributed by atoms with Crippen molar-refractivity contribution in [1.82, 2.24) is 29.4 Å².